The summed E-state index contributed by atoms with van der Waals surface area (Å²) in [5, 5.41) is 4.57. The molecule has 1 aliphatic rings. The first-order chi connectivity index (χ1) is 18.9. The number of halogens is 4. The fourth-order valence-electron chi connectivity index (χ4n) is 5.14. The van der Waals surface area contributed by atoms with Gasteiger partial charge in [-0.1, -0.05) is 59.6 Å². The van der Waals surface area contributed by atoms with Crippen molar-refractivity contribution in [2.75, 3.05) is 44.2 Å². The Morgan fingerprint density at radius 1 is 0.878 bits per heavy atom. The van der Waals surface area contributed by atoms with Crippen LogP contribution < -0.4 is 10.2 Å². The number of hydrogen-bond acceptors (Lipinski definition) is 4. The van der Waals surface area contributed by atoms with E-state index >= 15 is 0 Å². The van der Waals surface area contributed by atoms with Gasteiger partial charge in [0, 0.05) is 59.7 Å². The van der Waals surface area contributed by atoms with Crippen LogP contribution in [0.2, 0.25) is 10.0 Å². The predicted octanol–water partition coefficient (Wildman–Crippen LogP) is 7.25. The summed E-state index contributed by atoms with van der Waals surface area (Å²) in [4.78, 5) is 22.9. The highest BCUT2D eigenvalue weighted by Gasteiger charge is 2.22. The van der Waals surface area contributed by atoms with E-state index in [4.69, 9.17) is 28.2 Å². The Balaban J connectivity index is 0.00000231. The zero-order chi connectivity index (χ0) is 27.4. The molecule has 0 bridgehead atoms. The van der Waals surface area contributed by atoms with Crippen molar-refractivity contribution in [2.24, 2.45) is 0 Å². The molecule has 0 saturated carbocycles. The minimum absolute atomic E-state index is 0. The smallest absolute Gasteiger partial charge is 0.271 e. The van der Waals surface area contributed by atoms with Gasteiger partial charge in [0.2, 0.25) is 0 Å². The lowest BCUT2D eigenvalue weighted by atomic mass is 10.1. The van der Waals surface area contributed by atoms with Crippen LogP contribution in [0.5, 0.6) is 0 Å². The van der Waals surface area contributed by atoms with Crippen LogP contribution in [0.3, 0.4) is 0 Å². The van der Waals surface area contributed by atoms with E-state index in [1.54, 1.807) is 0 Å². The molecule has 5 rings (SSSR count). The number of carbonyl (C=O) groups is 1. The number of benzene rings is 3. The second-order valence-electron chi connectivity index (χ2n) is 9.87. The zero-order valence-corrected chi connectivity index (χ0v) is 26.3. The summed E-state index contributed by atoms with van der Waals surface area (Å²) in [6.07, 6.45) is 0.879. The Kier molecular flexibility index (Phi) is 11.9. The van der Waals surface area contributed by atoms with Gasteiger partial charge in [-0.2, -0.15) is 0 Å². The molecule has 1 amide bonds. The quantitative estimate of drug-likeness (QED) is 0.208. The summed E-state index contributed by atoms with van der Waals surface area (Å²) >= 11 is 12.4. The molecule has 218 valence electrons. The first kappa shape index (κ1) is 32.8. The minimum Gasteiger partial charge on any atom is -0.369 e. The molecule has 1 aliphatic heterocycles. The summed E-state index contributed by atoms with van der Waals surface area (Å²) in [5.74, 6) is 0.576. The topological polar surface area (TPSA) is 53.4 Å². The van der Waals surface area contributed by atoms with Crippen molar-refractivity contribution in [2.45, 2.75) is 20.3 Å². The van der Waals surface area contributed by atoms with Gasteiger partial charge < -0.3 is 10.2 Å². The van der Waals surface area contributed by atoms with Crippen molar-refractivity contribution >= 4 is 59.6 Å². The van der Waals surface area contributed by atoms with Gasteiger partial charge in [0.15, 0.2) is 0 Å². The Morgan fingerprint density at radius 3 is 2.24 bits per heavy atom. The SMILES string of the molecule is Cc1c(Cl)cccc1N1CCN(CCCNC(=O)c2nc(-c3ccccc3)n(-c3ccc(Cl)cc3)c2C)CC1.Cl.Cl. The fourth-order valence-corrected chi connectivity index (χ4v) is 5.44. The number of amides is 1. The number of carbonyl (C=O) groups excluding carboxylic acids is 1. The third-order valence-electron chi connectivity index (χ3n) is 7.33. The molecule has 1 saturated heterocycles. The lowest BCUT2D eigenvalue weighted by Gasteiger charge is -2.37. The molecule has 1 aromatic heterocycles. The molecule has 0 unspecified atom stereocenters. The van der Waals surface area contributed by atoms with Crippen LogP contribution in [-0.4, -0.2) is 59.6 Å². The molecule has 0 radical (unpaired) electrons. The average Bonchev–Trinajstić information content (AvgIpc) is 3.31. The van der Waals surface area contributed by atoms with E-state index < -0.39 is 0 Å². The first-order valence-electron chi connectivity index (χ1n) is 13.3. The van der Waals surface area contributed by atoms with Crippen LogP contribution in [0.4, 0.5) is 5.69 Å². The zero-order valence-electron chi connectivity index (χ0n) is 23.1. The second kappa shape index (κ2) is 14.9. The molecule has 2 heterocycles. The van der Waals surface area contributed by atoms with Gasteiger partial charge in [0.25, 0.3) is 5.91 Å². The van der Waals surface area contributed by atoms with Crippen molar-refractivity contribution in [1.29, 1.82) is 0 Å². The van der Waals surface area contributed by atoms with E-state index in [9.17, 15) is 4.79 Å². The van der Waals surface area contributed by atoms with Gasteiger partial charge in [-0.3, -0.25) is 14.3 Å². The molecule has 6 nitrogen and oxygen atoms in total. The summed E-state index contributed by atoms with van der Waals surface area (Å²) in [7, 11) is 0. The standard InChI is InChI=1S/C31H33Cl2N5O.2ClH/c1-22-27(33)10-6-11-28(22)37-20-18-36(19-21-37)17-7-16-34-31(39)29-23(2)38(26-14-12-25(32)13-15-26)30(35-29)24-8-4-3-5-9-24;;/h3-6,8-15H,7,16-21H2,1-2H3,(H,34,39);2*1H. The second-order valence-corrected chi connectivity index (χ2v) is 10.7. The lowest BCUT2D eigenvalue weighted by molar-refractivity contribution is 0.0946. The van der Waals surface area contributed by atoms with Gasteiger partial charge >= 0.3 is 0 Å². The van der Waals surface area contributed by atoms with E-state index in [1.807, 2.05) is 78.2 Å². The number of imidazole rings is 1. The minimum atomic E-state index is -0.154. The highest BCUT2D eigenvalue weighted by molar-refractivity contribution is 6.31. The largest absolute Gasteiger partial charge is 0.369 e. The van der Waals surface area contributed by atoms with Crippen LogP contribution in [0.1, 0.15) is 28.2 Å². The third-order valence-corrected chi connectivity index (χ3v) is 7.99. The summed E-state index contributed by atoms with van der Waals surface area (Å²) in [6.45, 7) is 9.47. The lowest BCUT2D eigenvalue weighted by Crippen LogP contribution is -2.47. The van der Waals surface area contributed by atoms with E-state index in [0.717, 1.165) is 72.5 Å². The number of anilines is 1. The third kappa shape index (κ3) is 7.56. The van der Waals surface area contributed by atoms with Crippen LogP contribution in [0, 0.1) is 13.8 Å². The van der Waals surface area contributed by atoms with E-state index in [0.29, 0.717) is 17.3 Å². The van der Waals surface area contributed by atoms with Crippen molar-refractivity contribution < 1.29 is 4.79 Å². The molecule has 0 aliphatic carbocycles. The van der Waals surface area contributed by atoms with Gasteiger partial charge in [-0.05, 0) is 68.8 Å². The molecule has 41 heavy (non-hydrogen) atoms. The molecular formula is C31H35Cl4N5O. The normalized spacial score (nSPS) is 13.3. The fraction of sp³-hybridized carbons (Fsp3) is 0.290. The molecule has 1 N–H and O–H groups in total. The number of rotatable bonds is 8. The molecule has 10 heteroatoms. The number of hydrogen-bond donors (Lipinski definition) is 1. The Hall–Kier alpha value is -2.74. The summed E-state index contributed by atoms with van der Waals surface area (Å²) in [5.41, 5.74) is 5.45. The molecule has 0 atom stereocenters. The number of aromatic nitrogens is 2. The van der Waals surface area contributed by atoms with Crippen LogP contribution in [0.15, 0.2) is 72.8 Å². The first-order valence-corrected chi connectivity index (χ1v) is 14.1. The summed E-state index contributed by atoms with van der Waals surface area (Å²) < 4.78 is 2.02. The molecular weight excluding hydrogens is 600 g/mol. The number of nitrogens with one attached hydrogen (secondary N) is 1. The highest BCUT2D eigenvalue weighted by Crippen LogP contribution is 2.28. The van der Waals surface area contributed by atoms with E-state index in [2.05, 4.69) is 28.1 Å². The number of nitrogens with zero attached hydrogens (tertiary/aromatic N) is 4. The Labute approximate surface area is 264 Å². The number of piperazine rings is 1. The monoisotopic (exact) mass is 633 g/mol. The van der Waals surface area contributed by atoms with Gasteiger partial charge in [0.1, 0.15) is 11.5 Å². The maximum absolute atomic E-state index is 13.2. The van der Waals surface area contributed by atoms with Crippen molar-refractivity contribution in [1.82, 2.24) is 19.8 Å². The summed E-state index contributed by atoms with van der Waals surface area (Å²) in [6, 6.07) is 23.6. The van der Waals surface area contributed by atoms with Crippen molar-refractivity contribution in [3.63, 3.8) is 0 Å². The molecule has 4 aromatic rings. The average molecular weight is 635 g/mol. The highest BCUT2D eigenvalue weighted by atomic mass is 35.5. The maximum atomic E-state index is 13.2. The van der Waals surface area contributed by atoms with Gasteiger partial charge in [-0.25, -0.2) is 4.98 Å². The predicted molar refractivity (Wildman–Crippen MR) is 175 cm³/mol. The van der Waals surface area contributed by atoms with Crippen molar-refractivity contribution in [3.05, 3.63) is 99.8 Å². The Bertz CT molecular complexity index is 1440. The molecule has 0 spiro atoms. The van der Waals surface area contributed by atoms with Crippen molar-refractivity contribution in [3.8, 4) is 17.1 Å². The Morgan fingerprint density at radius 2 is 1.56 bits per heavy atom. The van der Waals surface area contributed by atoms with Crippen LogP contribution in [0.25, 0.3) is 17.1 Å². The maximum Gasteiger partial charge on any atom is 0.271 e. The van der Waals surface area contributed by atoms with Gasteiger partial charge in [-0.15, -0.1) is 24.8 Å². The van der Waals surface area contributed by atoms with E-state index in [-0.39, 0.29) is 30.7 Å². The van der Waals surface area contributed by atoms with Gasteiger partial charge in [0.05, 0.1) is 5.69 Å². The molecule has 3 aromatic carbocycles. The molecule has 1 fully saturated rings. The van der Waals surface area contributed by atoms with Crippen LogP contribution >= 0.6 is 48.0 Å². The van der Waals surface area contributed by atoms with Crippen LogP contribution in [-0.2, 0) is 0 Å². The van der Waals surface area contributed by atoms with E-state index in [1.165, 1.54) is 5.69 Å².